The summed E-state index contributed by atoms with van der Waals surface area (Å²) in [5.74, 6) is -0.388. The Morgan fingerprint density at radius 2 is 1.94 bits per heavy atom. The quantitative estimate of drug-likeness (QED) is 0.762. The van der Waals surface area contributed by atoms with Gasteiger partial charge in [0.15, 0.2) is 0 Å². The third-order valence-electron chi connectivity index (χ3n) is 5.59. The number of carbonyl (C=O) groups is 2. The van der Waals surface area contributed by atoms with E-state index in [9.17, 15) is 14.0 Å². The van der Waals surface area contributed by atoms with Crippen LogP contribution in [0.4, 0.5) is 10.1 Å². The van der Waals surface area contributed by atoms with E-state index in [1.54, 1.807) is 37.3 Å². The summed E-state index contributed by atoms with van der Waals surface area (Å²) < 4.78 is 24.7. The molecule has 0 bridgehead atoms. The van der Waals surface area contributed by atoms with Crippen LogP contribution in [-0.2, 0) is 4.74 Å². The number of ether oxygens (including phenoxy) is 2. The van der Waals surface area contributed by atoms with Crippen LogP contribution in [0.5, 0.6) is 5.75 Å². The first kappa shape index (κ1) is 23.7. The second kappa shape index (κ2) is 10.6. The molecule has 2 aromatic carbocycles. The van der Waals surface area contributed by atoms with Crippen molar-refractivity contribution in [3.05, 3.63) is 59.4 Å². The SMILES string of the molecule is CO[C@H]1CN(C)C(=O)c2ccc(NC(=O)c3ccc(F)cc3)cc2OC[C@@H](C)NC[C@@H]1C. The number of amides is 2. The van der Waals surface area contributed by atoms with Gasteiger partial charge in [-0.2, -0.15) is 0 Å². The van der Waals surface area contributed by atoms with Gasteiger partial charge in [-0.05, 0) is 49.2 Å². The number of likely N-dealkylation sites (N-methyl/N-ethyl adjacent to an activating group) is 1. The molecular weight excluding hydrogens is 413 g/mol. The normalized spacial score (nSPS) is 22.2. The molecule has 3 atom stereocenters. The number of rotatable bonds is 3. The third-order valence-corrected chi connectivity index (χ3v) is 5.59. The van der Waals surface area contributed by atoms with Crippen molar-refractivity contribution in [3.8, 4) is 5.75 Å². The average molecular weight is 444 g/mol. The minimum absolute atomic E-state index is 0.0486. The molecule has 0 aliphatic carbocycles. The van der Waals surface area contributed by atoms with Crippen LogP contribution in [0.3, 0.4) is 0 Å². The second-order valence-electron chi connectivity index (χ2n) is 8.23. The summed E-state index contributed by atoms with van der Waals surface area (Å²) in [5.41, 5.74) is 1.21. The van der Waals surface area contributed by atoms with Crippen LogP contribution in [0.15, 0.2) is 42.5 Å². The molecule has 0 spiro atoms. The molecule has 32 heavy (non-hydrogen) atoms. The number of benzene rings is 2. The molecule has 0 unspecified atom stereocenters. The zero-order chi connectivity index (χ0) is 23.3. The first-order chi connectivity index (χ1) is 15.3. The Kier molecular flexibility index (Phi) is 7.82. The van der Waals surface area contributed by atoms with Crippen LogP contribution >= 0.6 is 0 Å². The Labute approximate surface area is 187 Å². The topological polar surface area (TPSA) is 79.9 Å². The summed E-state index contributed by atoms with van der Waals surface area (Å²) in [4.78, 5) is 27.3. The minimum atomic E-state index is -0.412. The van der Waals surface area contributed by atoms with Crippen LogP contribution in [0.25, 0.3) is 0 Å². The molecular formula is C24H30FN3O4. The van der Waals surface area contributed by atoms with Crippen molar-refractivity contribution in [1.82, 2.24) is 10.2 Å². The van der Waals surface area contributed by atoms with Gasteiger partial charge in [-0.15, -0.1) is 0 Å². The van der Waals surface area contributed by atoms with Gasteiger partial charge in [0.1, 0.15) is 18.2 Å². The molecule has 7 nitrogen and oxygen atoms in total. The van der Waals surface area contributed by atoms with Gasteiger partial charge < -0.3 is 25.0 Å². The summed E-state index contributed by atoms with van der Waals surface area (Å²) in [6.07, 6.45) is -0.110. The second-order valence-corrected chi connectivity index (χ2v) is 8.23. The van der Waals surface area contributed by atoms with Crippen LogP contribution in [0.2, 0.25) is 0 Å². The van der Waals surface area contributed by atoms with E-state index in [1.807, 2.05) is 6.92 Å². The predicted molar refractivity (Wildman–Crippen MR) is 121 cm³/mol. The molecule has 2 amide bonds. The monoisotopic (exact) mass is 443 g/mol. The van der Waals surface area contributed by atoms with E-state index in [0.29, 0.717) is 35.7 Å². The smallest absolute Gasteiger partial charge is 0.257 e. The van der Waals surface area contributed by atoms with Crippen molar-refractivity contribution in [2.75, 3.05) is 39.2 Å². The van der Waals surface area contributed by atoms with Gasteiger partial charge in [0.2, 0.25) is 0 Å². The van der Waals surface area contributed by atoms with Gasteiger partial charge in [0.25, 0.3) is 11.8 Å². The lowest BCUT2D eigenvalue weighted by Gasteiger charge is -2.30. The molecule has 1 aliphatic heterocycles. The Morgan fingerprint density at radius 1 is 1.22 bits per heavy atom. The highest BCUT2D eigenvalue weighted by molar-refractivity contribution is 6.05. The molecule has 8 heteroatoms. The molecule has 0 saturated carbocycles. The number of fused-ring (bicyclic) bond motifs is 1. The largest absolute Gasteiger partial charge is 0.491 e. The highest BCUT2D eigenvalue weighted by Gasteiger charge is 2.25. The molecule has 3 rings (SSSR count). The van der Waals surface area contributed by atoms with Gasteiger partial charge in [-0.1, -0.05) is 6.92 Å². The summed E-state index contributed by atoms with van der Waals surface area (Å²) in [5, 5.41) is 6.21. The van der Waals surface area contributed by atoms with Crippen molar-refractivity contribution < 1.29 is 23.5 Å². The molecule has 0 aromatic heterocycles. The molecule has 1 aliphatic rings. The van der Waals surface area contributed by atoms with Gasteiger partial charge in [-0.3, -0.25) is 9.59 Å². The summed E-state index contributed by atoms with van der Waals surface area (Å²) >= 11 is 0. The number of hydrogen-bond acceptors (Lipinski definition) is 5. The van der Waals surface area contributed by atoms with Crippen molar-refractivity contribution in [2.24, 2.45) is 5.92 Å². The Hall–Kier alpha value is -2.97. The molecule has 172 valence electrons. The molecule has 0 fully saturated rings. The maximum Gasteiger partial charge on any atom is 0.257 e. The lowest BCUT2D eigenvalue weighted by molar-refractivity contribution is 0.0281. The minimum Gasteiger partial charge on any atom is -0.491 e. The molecule has 2 N–H and O–H groups in total. The first-order valence-corrected chi connectivity index (χ1v) is 10.6. The van der Waals surface area contributed by atoms with Gasteiger partial charge in [0.05, 0.1) is 11.7 Å². The lowest BCUT2D eigenvalue weighted by atomic mass is 10.0. The van der Waals surface area contributed by atoms with E-state index in [2.05, 4.69) is 17.6 Å². The zero-order valence-electron chi connectivity index (χ0n) is 18.9. The summed E-state index contributed by atoms with van der Waals surface area (Å²) in [6.45, 7) is 5.61. The van der Waals surface area contributed by atoms with Crippen molar-refractivity contribution in [1.29, 1.82) is 0 Å². The number of anilines is 1. The van der Waals surface area contributed by atoms with Crippen molar-refractivity contribution in [2.45, 2.75) is 26.0 Å². The fourth-order valence-electron chi connectivity index (χ4n) is 3.54. The van der Waals surface area contributed by atoms with Gasteiger partial charge in [0, 0.05) is 50.6 Å². The molecule has 2 aromatic rings. The van der Waals surface area contributed by atoms with Gasteiger partial charge >= 0.3 is 0 Å². The summed E-state index contributed by atoms with van der Waals surface area (Å²) in [7, 11) is 3.39. The van der Waals surface area contributed by atoms with E-state index < -0.39 is 5.82 Å². The fourth-order valence-corrected chi connectivity index (χ4v) is 3.54. The number of nitrogens with one attached hydrogen (secondary N) is 2. The highest BCUT2D eigenvalue weighted by atomic mass is 19.1. The molecule has 0 radical (unpaired) electrons. The maximum atomic E-state index is 13.1. The first-order valence-electron chi connectivity index (χ1n) is 10.6. The maximum absolute atomic E-state index is 13.1. The van der Waals surface area contributed by atoms with E-state index in [1.165, 1.54) is 24.3 Å². The lowest BCUT2D eigenvalue weighted by Crippen LogP contribution is -2.44. The number of hydrogen-bond donors (Lipinski definition) is 2. The Morgan fingerprint density at radius 3 is 2.62 bits per heavy atom. The van der Waals surface area contributed by atoms with Crippen LogP contribution < -0.4 is 15.4 Å². The average Bonchev–Trinajstić information content (AvgIpc) is 2.78. The number of halogens is 1. The zero-order valence-corrected chi connectivity index (χ0v) is 18.9. The number of methoxy groups -OCH3 is 1. The van der Waals surface area contributed by atoms with Crippen LogP contribution in [0.1, 0.15) is 34.6 Å². The molecule has 1 heterocycles. The van der Waals surface area contributed by atoms with Gasteiger partial charge in [-0.25, -0.2) is 4.39 Å². The van der Waals surface area contributed by atoms with E-state index in [-0.39, 0.29) is 29.9 Å². The van der Waals surface area contributed by atoms with Crippen LogP contribution in [0, 0.1) is 11.7 Å². The van der Waals surface area contributed by atoms with Crippen LogP contribution in [-0.4, -0.2) is 62.7 Å². The highest BCUT2D eigenvalue weighted by Crippen LogP contribution is 2.26. The van der Waals surface area contributed by atoms with Crippen molar-refractivity contribution >= 4 is 17.5 Å². The Bertz CT molecular complexity index is 951. The predicted octanol–water partition coefficient (Wildman–Crippen LogP) is 3.17. The third kappa shape index (κ3) is 5.83. The fraction of sp³-hybridized carbons (Fsp3) is 0.417. The standard InChI is InChI=1S/C24H30FN3O4/c1-15-12-26-16(2)14-32-21-11-19(27-23(29)17-5-7-18(25)8-6-17)9-10-20(21)24(30)28(3)13-22(15)31-4/h5-11,15-16,22,26H,12-14H2,1-4H3,(H,27,29)/t15-,16+,22-/m0/s1. The van der Waals surface area contributed by atoms with E-state index in [4.69, 9.17) is 9.47 Å². The Balaban J connectivity index is 1.86. The number of nitrogens with zero attached hydrogens (tertiary/aromatic N) is 1. The molecule has 0 saturated heterocycles. The summed E-state index contributed by atoms with van der Waals surface area (Å²) in [6, 6.07) is 10.3. The van der Waals surface area contributed by atoms with E-state index in [0.717, 1.165) is 6.54 Å². The van der Waals surface area contributed by atoms with Crippen molar-refractivity contribution in [3.63, 3.8) is 0 Å². The van der Waals surface area contributed by atoms with E-state index >= 15 is 0 Å². The number of carbonyl (C=O) groups excluding carboxylic acids is 2.